The number of carbonyl (C=O) groups excluding carboxylic acids is 1. The fraction of sp³-hybridized carbons (Fsp3) is 0.259. The molecule has 0 aliphatic carbocycles. The molecule has 0 spiro atoms. The molecule has 0 saturated carbocycles. The fourth-order valence-electron chi connectivity index (χ4n) is 3.93. The number of rotatable bonds is 8. The summed E-state index contributed by atoms with van der Waals surface area (Å²) in [6.07, 6.45) is -2.88. The van der Waals surface area contributed by atoms with E-state index in [-0.39, 0.29) is 13.2 Å². The third kappa shape index (κ3) is 5.67. The zero-order chi connectivity index (χ0) is 25.9. The van der Waals surface area contributed by atoms with Crippen molar-refractivity contribution in [3.8, 4) is 5.75 Å². The van der Waals surface area contributed by atoms with Crippen molar-refractivity contribution in [3.05, 3.63) is 88.7 Å². The molecule has 3 aromatic carbocycles. The van der Waals surface area contributed by atoms with Crippen molar-refractivity contribution < 1.29 is 27.4 Å². The Morgan fingerprint density at radius 3 is 2.58 bits per heavy atom. The second kappa shape index (κ2) is 10.7. The largest absolute Gasteiger partial charge is 0.482 e. The highest BCUT2D eigenvalue weighted by molar-refractivity contribution is 7.99. The van der Waals surface area contributed by atoms with E-state index in [2.05, 4.69) is 9.97 Å². The van der Waals surface area contributed by atoms with Gasteiger partial charge in [-0.2, -0.15) is 13.2 Å². The number of nitrogens with one attached hydrogen (secondary N) is 1. The van der Waals surface area contributed by atoms with E-state index in [1.807, 2.05) is 44.2 Å². The summed E-state index contributed by atoms with van der Waals surface area (Å²) in [6.45, 7) is 5.46. The maximum Gasteiger partial charge on any atom is 0.416 e. The minimum absolute atomic E-state index is 0.200. The maximum absolute atomic E-state index is 13.6. The SMILES string of the molecule is CCOC(=O)COc1ccc(SC(c2cc(C(F)(F)F)ccc2C)c2cccc3[nH]cnc23)cc1C. The Hall–Kier alpha value is -3.46. The number of benzene rings is 3. The van der Waals surface area contributed by atoms with Gasteiger partial charge < -0.3 is 14.5 Å². The van der Waals surface area contributed by atoms with Gasteiger partial charge >= 0.3 is 12.1 Å². The second-order valence-corrected chi connectivity index (χ2v) is 9.41. The zero-order valence-electron chi connectivity index (χ0n) is 20.0. The van der Waals surface area contributed by atoms with Gasteiger partial charge in [-0.05, 0) is 79.4 Å². The molecule has 4 aromatic rings. The first-order valence-electron chi connectivity index (χ1n) is 11.3. The number of ether oxygens (including phenoxy) is 2. The molecule has 9 heteroatoms. The van der Waals surface area contributed by atoms with Gasteiger partial charge in [0.15, 0.2) is 6.61 Å². The van der Waals surface area contributed by atoms with Crippen LogP contribution in [-0.4, -0.2) is 29.2 Å². The molecule has 1 aromatic heterocycles. The van der Waals surface area contributed by atoms with Crippen LogP contribution in [0.15, 0.2) is 65.8 Å². The van der Waals surface area contributed by atoms with Crippen LogP contribution in [0.2, 0.25) is 0 Å². The Morgan fingerprint density at radius 1 is 1.06 bits per heavy atom. The van der Waals surface area contributed by atoms with Gasteiger partial charge in [0.05, 0.1) is 34.8 Å². The molecule has 0 fully saturated rings. The quantitative estimate of drug-likeness (QED) is 0.202. The van der Waals surface area contributed by atoms with Crippen LogP contribution < -0.4 is 4.74 Å². The number of hydrogen-bond donors (Lipinski definition) is 1. The summed E-state index contributed by atoms with van der Waals surface area (Å²) in [4.78, 5) is 20.0. The lowest BCUT2D eigenvalue weighted by Crippen LogP contribution is -2.14. The van der Waals surface area contributed by atoms with Gasteiger partial charge in [0, 0.05) is 4.90 Å². The van der Waals surface area contributed by atoms with Gasteiger partial charge in [0.1, 0.15) is 5.75 Å². The molecule has 5 nitrogen and oxygen atoms in total. The minimum Gasteiger partial charge on any atom is -0.482 e. The fourth-order valence-corrected chi connectivity index (χ4v) is 5.29. The Kier molecular flexibility index (Phi) is 7.59. The lowest BCUT2D eigenvalue weighted by molar-refractivity contribution is -0.145. The molecular weight excluding hydrogens is 489 g/mol. The van der Waals surface area contributed by atoms with Crippen LogP contribution in [0.3, 0.4) is 0 Å². The number of aryl methyl sites for hydroxylation is 2. The number of hydrogen-bond acceptors (Lipinski definition) is 5. The van der Waals surface area contributed by atoms with E-state index in [9.17, 15) is 18.0 Å². The average molecular weight is 515 g/mol. The summed E-state index contributed by atoms with van der Waals surface area (Å²) in [5, 5.41) is -0.454. The summed E-state index contributed by atoms with van der Waals surface area (Å²) < 4.78 is 51.3. The van der Waals surface area contributed by atoms with Crippen molar-refractivity contribution in [2.75, 3.05) is 13.2 Å². The smallest absolute Gasteiger partial charge is 0.416 e. The Bertz CT molecular complexity index is 1380. The highest BCUT2D eigenvalue weighted by Gasteiger charge is 2.32. The molecule has 4 rings (SSSR count). The summed E-state index contributed by atoms with van der Waals surface area (Å²) in [7, 11) is 0. The number of esters is 1. The Morgan fingerprint density at radius 2 is 1.86 bits per heavy atom. The number of aromatic amines is 1. The average Bonchev–Trinajstić information content (AvgIpc) is 3.31. The van der Waals surface area contributed by atoms with Gasteiger partial charge in [-0.15, -0.1) is 11.8 Å². The van der Waals surface area contributed by atoms with Crippen molar-refractivity contribution in [1.82, 2.24) is 9.97 Å². The highest BCUT2D eigenvalue weighted by atomic mass is 32.2. The lowest BCUT2D eigenvalue weighted by atomic mass is 9.96. The highest BCUT2D eigenvalue weighted by Crippen LogP contribution is 2.45. The molecule has 0 aliphatic heterocycles. The van der Waals surface area contributed by atoms with Crippen molar-refractivity contribution in [2.45, 2.75) is 37.1 Å². The number of imidazole rings is 1. The van der Waals surface area contributed by atoms with E-state index in [1.54, 1.807) is 19.3 Å². The number of halogens is 3. The molecule has 0 radical (unpaired) electrons. The number of nitrogens with zero attached hydrogens (tertiary/aromatic N) is 1. The standard InChI is InChI=1S/C27H25F3N2O3S/c1-4-34-24(33)14-35-23-11-10-19(12-17(23)3)36-26(20-6-5-7-22-25(20)32-15-31-22)21-13-18(27(28,29)30)9-8-16(21)2/h5-13,15,26H,4,14H2,1-3H3,(H,31,32). The molecule has 1 N–H and O–H groups in total. The van der Waals surface area contributed by atoms with Gasteiger partial charge in [0.25, 0.3) is 0 Å². The predicted molar refractivity (Wildman–Crippen MR) is 133 cm³/mol. The number of alkyl halides is 3. The lowest BCUT2D eigenvalue weighted by Gasteiger charge is -2.22. The predicted octanol–water partition coefficient (Wildman–Crippen LogP) is 7.02. The third-order valence-corrected chi connectivity index (χ3v) is 6.97. The maximum atomic E-state index is 13.6. The molecular formula is C27H25F3N2O3S. The van der Waals surface area contributed by atoms with Crippen molar-refractivity contribution in [1.29, 1.82) is 0 Å². The summed E-state index contributed by atoms with van der Waals surface area (Å²) in [6, 6.07) is 15.0. The first kappa shape index (κ1) is 25.6. The summed E-state index contributed by atoms with van der Waals surface area (Å²) in [5.41, 5.74) is 3.73. The van der Waals surface area contributed by atoms with Crippen molar-refractivity contribution >= 4 is 28.8 Å². The van der Waals surface area contributed by atoms with E-state index >= 15 is 0 Å². The molecule has 36 heavy (non-hydrogen) atoms. The van der Waals surface area contributed by atoms with Crippen LogP contribution in [0.5, 0.6) is 5.75 Å². The minimum atomic E-state index is -4.45. The number of fused-ring (bicyclic) bond motifs is 1. The van der Waals surface area contributed by atoms with E-state index < -0.39 is 23.0 Å². The zero-order valence-corrected chi connectivity index (χ0v) is 20.8. The summed E-state index contributed by atoms with van der Waals surface area (Å²) in [5.74, 6) is 0.0798. The molecule has 1 unspecified atom stereocenters. The monoisotopic (exact) mass is 514 g/mol. The van der Waals surface area contributed by atoms with Crippen LogP contribution in [0, 0.1) is 13.8 Å². The molecule has 0 aliphatic rings. The van der Waals surface area contributed by atoms with Crippen molar-refractivity contribution in [3.63, 3.8) is 0 Å². The van der Waals surface area contributed by atoms with Crippen LogP contribution >= 0.6 is 11.8 Å². The van der Waals surface area contributed by atoms with Gasteiger partial charge in [0.2, 0.25) is 0 Å². The number of thioether (sulfide) groups is 1. The van der Waals surface area contributed by atoms with E-state index in [0.717, 1.165) is 33.2 Å². The topological polar surface area (TPSA) is 64.2 Å². The number of aromatic nitrogens is 2. The normalized spacial score (nSPS) is 12.5. The second-order valence-electron chi connectivity index (χ2n) is 8.23. The molecule has 0 amide bonds. The van der Waals surface area contributed by atoms with Crippen LogP contribution in [-0.2, 0) is 15.7 Å². The summed E-state index contributed by atoms with van der Waals surface area (Å²) >= 11 is 1.43. The molecule has 0 saturated heterocycles. The van der Waals surface area contributed by atoms with Crippen LogP contribution in [0.1, 0.15) is 40.0 Å². The first-order valence-corrected chi connectivity index (χ1v) is 12.2. The van der Waals surface area contributed by atoms with Gasteiger partial charge in [-0.3, -0.25) is 0 Å². The first-order chi connectivity index (χ1) is 17.2. The van der Waals surface area contributed by atoms with E-state index in [1.165, 1.54) is 23.9 Å². The van der Waals surface area contributed by atoms with Crippen molar-refractivity contribution in [2.24, 2.45) is 0 Å². The molecule has 0 bridgehead atoms. The van der Waals surface area contributed by atoms with Gasteiger partial charge in [-0.1, -0.05) is 18.2 Å². The number of carbonyl (C=O) groups is 1. The van der Waals surface area contributed by atoms with Gasteiger partial charge in [-0.25, -0.2) is 9.78 Å². The molecule has 188 valence electrons. The van der Waals surface area contributed by atoms with E-state index in [4.69, 9.17) is 9.47 Å². The molecule has 1 atom stereocenters. The van der Waals surface area contributed by atoms with E-state index in [0.29, 0.717) is 16.8 Å². The number of H-pyrrole nitrogens is 1. The third-order valence-electron chi connectivity index (χ3n) is 5.70. The number of para-hydroxylation sites is 1. The molecule has 1 heterocycles. The Labute approximate surface area is 211 Å². The Balaban J connectivity index is 1.73. The van der Waals surface area contributed by atoms with Crippen LogP contribution in [0.4, 0.5) is 13.2 Å². The van der Waals surface area contributed by atoms with Crippen LogP contribution in [0.25, 0.3) is 11.0 Å².